The molecule has 0 heterocycles. The van der Waals surface area contributed by atoms with Gasteiger partial charge in [-0.25, -0.2) is 4.79 Å². The third kappa shape index (κ3) is 4.94. The second kappa shape index (κ2) is 8.68. The van der Waals surface area contributed by atoms with Crippen LogP contribution in [0, 0.1) is 0 Å². The second-order valence-corrected chi connectivity index (χ2v) is 5.58. The zero-order chi connectivity index (χ0) is 18.2. The van der Waals surface area contributed by atoms with Crippen LogP contribution < -0.4 is 10.1 Å². The number of nitrogens with one attached hydrogen (secondary N) is 1. The standard InChI is InChI=1S/C20H21NO4/c1-14(2)13-25-17-12-8-7-11-16(17)19(22)21-18(20(23)24-3)15-9-5-4-6-10-15/h4-12,18H,1,13H2,2-3H3,(H,21,22)/t18-/m0/s1. The number of hydrogen-bond donors (Lipinski definition) is 1. The van der Waals surface area contributed by atoms with Gasteiger partial charge in [-0.05, 0) is 30.2 Å². The molecule has 5 heteroatoms. The van der Waals surface area contributed by atoms with E-state index in [0.717, 1.165) is 5.57 Å². The molecule has 0 aliphatic rings. The Morgan fingerprint density at radius 3 is 2.36 bits per heavy atom. The van der Waals surface area contributed by atoms with Crippen molar-refractivity contribution >= 4 is 11.9 Å². The molecule has 0 aromatic heterocycles. The molecule has 0 fully saturated rings. The lowest BCUT2D eigenvalue weighted by atomic mass is 10.1. The number of amides is 1. The van der Waals surface area contributed by atoms with Crippen LogP contribution in [0.5, 0.6) is 5.75 Å². The Balaban J connectivity index is 2.24. The van der Waals surface area contributed by atoms with Crippen molar-refractivity contribution in [3.8, 4) is 5.75 Å². The van der Waals surface area contributed by atoms with Crippen molar-refractivity contribution in [2.24, 2.45) is 0 Å². The molecule has 0 radical (unpaired) electrons. The van der Waals surface area contributed by atoms with Gasteiger partial charge in [0.15, 0.2) is 6.04 Å². The van der Waals surface area contributed by atoms with E-state index in [1.807, 2.05) is 13.0 Å². The first-order valence-corrected chi connectivity index (χ1v) is 7.82. The van der Waals surface area contributed by atoms with Crippen molar-refractivity contribution in [1.82, 2.24) is 5.32 Å². The lowest BCUT2D eigenvalue weighted by molar-refractivity contribution is -0.143. The summed E-state index contributed by atoms with van der Waals surface area (Å²) < 4.78 is 10.4. The van der Waals surface area contributed by atoms with Crippen LogP contribution in [0.1, 0.15) is 28.9 Å². The lowest BCUT2D eigenvalue weighted by Crippen LogP contribution is -2.34. The van der Waals surface area contributed by atoms with E-state index in [-0.39, 0.29) is 0 Å². The van der Waals surface area contributed by atoms with Crippen LogP contribution in [0.25, 0.3) is 0 Å². The average Bonchev–Trinajstić information content (AvgIpc) is 2.64. The normalized spacial score (nSPS) is 11.3. The largest absolute Gasteiger partial charge is 0.488 e. The van der Waals surface area contributed by atoms with Crippen molar-refractivity contribution in [2.45, 2.75) is 13.0 Å². The molecule has 0 aliphatic carbocycles. The van der Waals surface area contributed by atoms with Gasteiger partial charge in [-0.1, -0.05) is 49.0 Å². The topological polar surface area (TPSA) is 64.6 Å². The Labute approximate surface area is 147 Å². The number of esters is 1. The van der Waals surface area contributed by atoms with Crippen molar-refractivity contribution < 1.29 is 19.1 Å². The number of benzene rings is 2. The van der Waals surface area contributed by atoms with Gasteiger partial charge >= 0.3 is 5.97 Å². The van der Waals surface area contributed by atoms with E-state index >= 15 is 0 Å². The first-order valence-electron chi connectivity index (χ1n) is 7.82. The van der Waals surface area contributed by atoms with E-state index in [9.17, 15) is 9.59 Å². The van der Waals surface area contributed by atoms with Crippen LogP contribution in [0.3, 0.4) is 0 Å². The molecule has 0 saturated heterocycles. The molecule has 2 rings (SSSR count). The van der Waals surface area contributed by atoms with E-state index in [0.29, 0.717) is 23.5 Å². The van der Waals surface area contributed by atoms with Gasteiger partial charge in [-0.15, -0.1) is 0 Å². The Kier molecular flexibility index (Phi) is 6.34. The molecule has 1 amide bonds. The first kappa shape index (κ1) is 18.3. The van der Waals surface area contributed by atoms with E-state index in [4.69, 9.17) is 9.47 Å². The smallest absolute Gasteiger partial charge is 0.333 e. The van der Waals surface area contributed by atoms with Gasteiger partial charge in [0.2, 0.25) is 0 Å². The van der Waals surface area contributed by atoms with Gasteiger partial charge in [0.05, 0.1) is 12.7 Å². The fourth-order valence-electron chi connectivity index (χ4n) is 2.23. The number of rotatable bonds is 7. The highest BCUT2D eigenvalue weighted by Gasteiger charge is 2.25. The maximum absolute atomic E-state index is 12.7. The molecule has 0 unspecified atom stereocenters. The number of hydrogen-bond acceptors (Lipinski definition) is 4. The van der Waals surface area contributed by atoms with Crippen LogP contribution in [-0.4, -0.2) is 25.6 Å². The number of methoxy groups -OCH3 is 1. The summed E-state index contributed by atoms with van der Waals surface area (Å²) in [6.07, 6.45) is 0. The van der Waals surface area contributed by atoms with Crippen molar-refractivity contribution in [3.63, 3.8) is 0 Å². The average molecular weight is 339 g/mol. The predicted octanol–water partition coefficient (Wildman–Crippen LogP) is 3.29. The van der Waals surface area contributed by atoms with Crippen molar-refractivity contribution in [2.75, 3.05) is 13.7 Å². The highest BCUT2D eigenvalue weighted by molar-refractivity contribution is 5.99. The minimum Gasteiger partial charge on any atom is -0.488 e. The Bertz CT molecular complexity index is 755. The third-order valence-corrected chi connectivity index (χ3v) is 3.45. The quantitative estimate of drug-likeness (QED) is 0.621. The molecular formula is C20H21NO4. The summed E-state index contributed by atoms with van der Waals surface area (Å²) in [5, 5.41) is 2.71. The van der Waals surface area contributed by atoms with E-state index < -0.39 is 17.9 Å². The van der Waals surface area contributed by atoms with E-state index in [1.165, 1.54) is 7.11 Å². The summed E-state index contributed by atoms with van der Waals surface area (Å²) in [5.74, 6) is -0.531. The van der Waals surface area contributed by atoms with Gasteiger partial charge in [0.25, 0.3) is 5.91 Å². The Morgan fingerprint density at radius 1 is 1.08 bits per heavy atom. The molecule has 1 atom stereocenters. The Hall–Kier alpha value is -3.08. The second-order valence-electron chi connectivity index (χ2n) is 5.58. The predicted molar refractivity (Wildman–Crippen MR) is 95.4 cm³/mol. The molecule has 2 aromatic rings. The highest BCUT2D eigenvalue weighted by Crippen LogP contribution is 2.21. The molecule has 0 bridgehead atoms. The minimum absolute atomic E-state index is 0.309. The zero-order valence-corrected chi connectivity index (χ0v) is 14.3. The highest BCUT2D eigenvalue weighted by atomic mass is 16.5. The summed E-state index contributed by atoms with van der Waals surface area (Å²) in [4.78, 5) is 24.8. The molecule has 130 valence electrons. The SMILES string of the molecule is C=C(C)COc1ccccc1C(=O)N[C@H](C(=O)OC)c1ccccc1. The molecule has 0 spiro atoms. The lowest BCUT2D eigenvalue weighted by Gasteiger charge is -2.18. The van der Waals surface area contributed by atoms with E-state index in [1.54, 1.807) is 48.5 Å². The van der Waals surface area contributed by atoms with Crippen LogP contribution >= 0.6 is 0 Å². The fourth-order valence-corrected chi connectivity index (χ4v) is 2.23. The summed E-state index contributed by atoms with van der Waals surface area (Å²) in [5.41, 5.74) is 1.82. The van der Waals surface area contributed by atoms with Crippen LogP contribution in [-0.2, 0) is 9.53 Å². The number of ether oxygens (including phenoxy) is 2. The van der Waals surface area contributed by atoms with E-state index in [2.05, 4.69) is 11.9 Å². The van der Waals surface area contributed by atoms with Gasteiger partial charge in [0, 0.05) is 0 Å². The monoisotopic (exact) mass is 339 g/mol. The minimum atomic E-state index is -0.895. The molecule has 2 aromatic carbocycles. The summed E-state index contributed by atoms with van der Waals surface area (Å²) >= 11 is 0. The fraction of sp³-hybridized carbons (Fsp3) is 0.200. The van der Waals surface area contributed by atoms with Crippen molar-refractivity contribution in [1.29, 1.82) is 0 Å². The van der Waals surface area contributed by atoms with Crippen molar-refractivity contribution in [3.05, 3.63) is 77.9 Å². The number of carbonyl (C=O) groups is 2. The third-order valence-electron chi connectivity index (χ3n) is 3.45. The van der Waals surface area contributed by atoms with Gasteiger partial charge in [0.1, 0.15) is 12.4 Å². The van der Waals surface area contributed by atoms with Crippen LogP contribution in [0.15, 0.2) is 66.7 Å². The maximum Gasteiger partial charge on any atom is 0.333 e. The zero-order valence-electron chi connectivity index (χ0n) is 14.3. The summed E-state index contributed by atoms with van der Waals surface area (Å²) in [6, 6.07) is 14.9. The molecule has 5 nitrogen and oxygen atoms in total. The molecule has 25 heavy (non-hydrogen) atoms. The van der Waals surface area contributed by atoms with Crippen LogP contribution in [0.2, 0.25) is 0 Å². The summed E-state index contributed by atoms with van der Waals surface area (Å²) in [6.45, 7) is 5.93. The molecular weight excluding hydrogens is 318 g/mol. The summed E-state index contributed by atoms with van der Waals surface area (Å²) in [7, 11) is 1.29. The van der Waals surface area contributed by atoms with Gasteiger partial charge in [-0.2, -0.15) is 0 Å². The molecule has 0 aliphatic heterocycles. The number of para-hydroxylation sites is 1. The molecule has 1 N–H and O–H groups in total. The van der Waals surface area contributed by atoms with Gasteiger partial charge < -0.3 is 14.8 Å². The number of carbonyl (C=O) groups excluding carboxylic acids is 2. The van der Waals surface area contributed by atoms with Gasteiger partial charge in [-0.3, -0.25) is 4.79 Å². The molecule has 0 saturated carbocycles. The van der Waals surface area contributed by atoms with Crippen LogP contribution in [0.4, 0.5) is 0 Å². The Morgan fingerprint density at radius 2 is 1.72 bits per heavy atom. The first-order chi connectivity index (χ1) is 12.0. The maximum atomic E-state index is 12.7.